The minimum atomic E-state index is -0.0628. The van der Waals surface area contributed by atoms with E-state index >= 15 is 0 Å². The molecule has 1 amide bonds. The molecule has 3 N–H and O–H groups in total. The fraction of sp³-hybridized carbons (Fsp3) is 0.214. The lowest BCUT2D eigenvalue weighted by Gasteiger charge is -2.25. The molecule has 0 unspecified atom stereocenters. The molecule has 1 aliphatic rings. The third-order valence-electron chi connectivity index (χ3n) is 6.06. The van der Waals surface area contributed by atoms with E-state index in [-0.39, 0.29) is 5.91 Å². The number of amides is 1. The zero-order valence-electron chi connectivity index (χ0n) is 20.7. The normalized spacial score (nSPS) is 14.9. The fourth-order valence-electron chi connectivity index (χ4n) is 4.12. The fourth-order valence-corrected chi connectivity index (χ4v) is 4.12. The van der Waals surface area contributed by atoms with Gasteiger partial charge in [0.2, 0.25) is 5.91 Å². The number of fused-ring (bicyclic) bond motifs is 1. The van der Waals surface area contributed by atoms with Crippen molar-refractivity contribution in [3.63, 3.8) is 0 Å². The van der Waals surface area contributed by atoms with Crippen LogP contribution in [0.5, 0.6) is 0 Å². The van der Waals surface area contributed by atoms with Crippen molar-refractivity contribution in [2.24, 2.45) is 0 Å². The Hall–Kier alpha value is -4.34. The lowest BCUT2D eigenvalue weighted by molar-refractivity contribution is -0.118. The van der Waals surface area contributed by atoms with E-state index in [1.807, 2.05) is 67.6 Å². The molecule has 0 atom stereocenters. The minimum absolute atomic E-state index is 0.0628. The van der Waals surface area contributed by atoms with Crippen LogP contribution in [0.25, 0.3) is 34.9 Å². The SMILES string of the molecule is C=c1c(Nc2ccc3[nH]ncc3c2)nc(-c2cccc(NC(=O)CN3CCOCC3)c2)n/c1=C/C=C\C. The van der Waals surface area contributed by atoms with Crippen LogP contribution in [0.1, 0.15) is 6.92 Å². The summed E-state index contributed by atoms with van der Waals surface area (Å²) in [6.07, 6.45) is 7.54. The highest BCUT2D eigenvalue weighted by atomic mass is 16.5. The predicted octanol–water partition coefficient (Wildman–Crippen LogP) is 2.80. The van der Waals surface area contributed by atoms with Crippen LogP contribution < -0.4 is 21.2 Å². The van der Waals surface area contributed by atoms with Crippen LogP contribution in [0.15, 0.2) is 60.8 Å². The van der Waals surface area contributed by atoms with Gasteiger partial charge in [-0.1, -0.05) is 30.9 Å². The van der Waals surface area contributed by atoms with Gasteiger partial charge in [-0.15, -0.1) is 0 Å². The number of H-pyrrole nitrogens is 1. The van der Waals surface area contributed by atoms with Gasteiger partial charge in [0.05, 0.1) is 36.8 Å². The highest BCUT2D eigenvalue weighted by Crippen LogP contribution is 2.22. The Balaban J connectivity index is 1.44. The molecule has 1 aliphatic heterocycles. The molecule has 4 aromatic rings. The van der Waals surface area contributed by atoms with Crippen molar-refractivity contribution >= 4 is 46.7 Å². The summed E-state index contributed by atoms with van der Waals surface area (Å²) in [6, 6.07) is 13.5. The maximum absolute atomic E-state index is 12.6. The molecule has 2 aromatic heterocycles. The maximum atomic E-state index is 12.6. The van der Waals surface area contributed by atoms with E-state index in [1.165, 1.54) is 0 Å². The van der Waals surface area contributed by atoms with E-state index in [2.05, 4.69) is 32.3 Å². The van der Waals surface area contributed by atoms with Crippen molar-refractivity contribution in [1.82, 2.24) is 25.1 Å². The van der Waals surface area contributed by atoms with E-state index in [9.17, 15) is 4.79 Å². The van der Waals surface area contributed by atoms with Gasteiger partial charge in [-0.2, -0.15) is 5.10 Å². The van der Waals surface area contributed by atoms with Crippen molar-refractivity contribution in [2.75, 3.05) is 43.5 Å². The van der Waals surface area contributed by atoms with Crippen molar-refractivity contribution in [1.29, 1.82) is 0 Å². The first-order chi connectivity index (χ1) is 18.1. The van der Waals surface area contributed by atoms with Gasteiger partial charge in [0.15, 0.2) is 5.82 Å². The van der Waals surface area contributed by atoms with Gasteiger partial charge in [-0.25, -0.2) is 9.97 Å². The molecular formula is C28H29N7O2. The molecule has 188 valence electrons. The van der Waals surface area contributed by atoms with Crippen molar-refractivity contribution in [3.05, 3.63) is 71.4 Å². The predicted molar refractivity (Wildman–Crippen MR) is 147 cm³/mol. The largest absolute Gasteiger partial charge is 0.379 e. The zero-order chi connectivity index (χ0) is 25.6. The molecule has 0 radical (unpaired) electrons. The Morgan fingerprint density at radius 3 is 2.86 bits per heavy atom. The molecule has 0 spiro atoms. The number of morpholine rings is 1. The molecule has 37 heavy (non-hydrogen) atoms. The molecule has 9 nitrogen and oxygen atoms in total. The summed E-state index contributed by atoms with van der Waals surface area (Å²) < 4.78 is 5.36. The van der Waals surface area contributed by atoms with Gasteiger partial charge in [0.25, 0.3) is 0 Å². The number of rotatable bonds is 7. The summed E-state index contributed by atoms with van der Waals surface area (Å²) in [5, 5.41) is 15.8. The van der Waals surface area contributed by atoms with Crippen LogP contribution in [0.2, 0.25) is 0 Å². The average Bonchev–Trinajstić information content (AvgIpc) is 3.38. The Bertz CT molecular complexity index is 1550. The smallest absolute Gasteiger partial charge is 0.238 e. The van der Waals surface area contributed by atoms with E-state index < -0.39 is 0 Å². The number of ether oxygens (including phenoxy) is 1. The summed E-state index contributed by atoms with van der Waals surface area (Å²) in [5.41, 5.74) is 3.30. The summed E-state index contributed by atoms with van der Waals surface area (Å²) >= 11 is 0. The summed E-state index contributed by atoms with van der Waals surface area (Å²) in [4.78, 5) is 24.3. The molecule has 0 saturated carbocycles. The second kappa shape index (κ2) is 11.2. The first-order valence-corrected chi connectivity index (χ1v) is 12.2. The van der Waals surface area contributed by atoms with Crippen molar-refractivity contribution < 1.29 is 9.53 Å². The molecular weight excluding hydrogens is 466 g/mol. The topological polar surface area (TPSA) is 108 Å². The number of hydrogen-bond acceptors (Lipinski definition) is 7. The van der Waals surface area contributed by atoms with Crippen molar-refractivity contribution in [3.8, 4) is 11.4 Å². The number of allylic oxidation sites excluding steroid dienone is 2. The van der Waals surface area contributed by atoms with E-state index in [1.54, 1.807) is 6.20 Å². The number of aromatic nitrogens is 4. The second-order valence-corrected chi connectivity index (χ2v) is 8.77. The third-order valence-corrected chi connectivity index (χ3v) is 6.06. The minimum Gasteiger partial charge on any atom is -0.379 e. The van der Waals surface area contributed by atoms with Gasteiger partial charge in [-0.3, -0.25) is 14.8 Å². The lowest BCUT2D eigenvalue weighted by Crippen LogP contribution is -2.41. The van der Waals surface area contributed by atoms with Crippen LogP contribution >= 0.6 is 0 Å². The molecule has 1 fully saturated rings. The number of carbonyl (C=O) groups excluding carboxylic acids is 1. The van der Waals surface area contributed by atoms with Crippen LogP contribution in [0.3, 0.4) is 0 Å². The first-order valence-electron chi connectivity index (χ1n) is 12.2. The Labute approximate surface area is 214 Å². The van der Waals surface area contributed by atoms with Gasteiger partial charge in [0.1, 0.15) is 5.82 Å². The van der Waals surface area contributed by atoms with Gasteiger partial charge in [-0.05, 0) is 43.3 Å². The standard InChI is InChI=1S/C28H29N7O2/c1-3-4-8-24-19(2)27(31-23-9-10-25-21(16-23)17-29-34-25)33-28(32-24)20-6-5-7-22(15-20)30-26(36)18-35-11-13-37-14-12-35/h3-10,15-17H,2,11-14,18H2,1H3,(H,29,34)(H,30,36)(H,31,32,33)/b4-3-,24-8+. The number of benzene rings is 2. The lowest BCUT2D eigenvalue weighted by atomic mass is 10.1. The van der Waals surface area contributed by atoms with Crippen molar-refractivity contribution in [2.45, 2.75) is 6.92 Å². The number of nitrogens with one attached hydrogen (secondary N) is 3. The summed E-state index contributed by atoms with van der Waals surface area (Å²) in [6.45, 7) is 9.33. The molecule has 2 aromatic carbocycles. The number of carbonyl (C=O) groups is 1. The number of hydrogen-bond donors (Lipinski definition) is 3. The van der Waals surface area contributed by atoms with Crippen LogP contribution in [-0.4, -0.2) is 63.8 Å². The molecule has 9 heteroatoms. The molecule has 0 aliphatic carbocycles. The Morgan fingerprint density at radius 1 is 1.16 bits per heavy atom. The summed E-state index contributed by atoms with van der Waals surface area (Å²) in [7, 11) is 0. The zero-order valence-corrected chi connectivity index (χ0v) is 20.7. The third kappa shape index (κ3) is 5.91. The molecule has 1 saturated heterocycles. The summed E-state index contributed by atoms with van der Waals surface area (Å²) in [5.74, 6) is 1.07. The van der Waals surface area contributed by atoms with E-state index in [0.29, 0.717) is 47.7 Å². The average molecular weight is 496 g/mol. The highest BCUT2D eigenvalue weighted by molar-refractivity contribution is 5.92. The van der Waals surface area contributed by atoms with E-state index in [0.717, 1.165) is 35.2 Å². The maximum Gasteiger partial charge on any atom is 0.238 e. The number of aromatic amines is 1. The van der Waals surface area contributed by atoms with Crippen LogP contribution in [0, 0.1) is 0 Å². The number of nitrogens with zero attached hydrogens (tertiary/aromatic N) is 4. The monoisotopic (exact) mass is 495 g/mol. The van der Waals surface area contributed by atoms with Crippen LogP contribution in [-0.2, 0) is 9.53 Å². The van der Waals surface area contributed by atoms with Gasteiger partial charge < -0.3 is 15.4 Å². The Morgan fingerprint density at radius 2 is 2.03 bits per heavy atom. The number of anilines is 3. The first kappa shape index (κ1) is 24.4. The Kier molecular flexibility index (Phi) is 7.34. The van der Waals surface area contributed by atoms with E-state index in [4.69, 9.17) is 14.7 Å². The van der Waals surface area contributed by atoms with Gasteiger partial charge in [0, 0.05) is 40.6 Å². The van der Waals surface area contributed by atoms with Crippen LogP contribution in [0.4, 0.5) is 17.2 Å². The van der Waals surface area contributed by atoms with Gasteiger partial charge >= 0.3 is 0 Å². The molecule has 5 rings (SSSR count). The highest BCUT2D eigenvalue weighted by Gasteiger charge is 2.15. The second-order valence-electron chi connectivity index (χ2n) is 8.77. The molecule has 0 bridgehead atoms. The molecule has 3 heterocycles. The quantitative estimate of drug-likeness (QED) is 0.362.